The molecule has 15 heavy (non-hydrogen) atoms. The Morgan fingerprint density at radius 2 is 2.00 bits per heavy atom. The number of hydrogen-bond donors (Lipinski definition) is 0. The summed E-state index contributed by atoms with van der Waals surface area (Å²) in [6.45, 7) is 8.53. The lowest BCUT2D eigenvalue weighted by Crippen LogP contribution is -2.21. The number of anilines is 1. The van der Waals surface area contributed by atoms with Gasteiger partial charge in [0.2, 0.25) is 0 Å². The van der Waals surface area contributed by atoms with E-state index in [4.69, 9.17) is 4.74 Å². The zero-order valence-corrected chi connectivity index (χ0v) is 9.79. The summed E-state index contributed by atoms with van der Waals surface area (Å²) >= 11 is 0. The monoisotopic (exact) mass is 203 g/mol. The van der Waals surface area contributed by atoms with Crippen LogP contribution < -0.4 is 9.64 Å². The van der Waals surface area contributed by atoms with Crippen LogP contribution in [0.5, 0.6) is 5.75 Å². The van der Waals surface area contributed by atoms with Crippen molar-refractivity contribution in [3.63, 3.8) is 0 Å². The molecule has 0 aliphatic carbocycles. The first-order valence-corrected chi connectivity index (χ1v) is 5.10. The van der Waals surface area contributed by atoms with Crippen LogP contribution in [-0.2, 0) is 5.41 Å². The van der Waals surface area contributed by atoms with Crippen molar-refractivity contribution in [2.75, 3.05) is 19.1 Å². The predicted octanol–water partition coefficient (Wildman–Crippen LogP) is 2.94. The van der Waals surface area contributed by atoms with Crippen molar-refractivity contribution < 1.29 is 4.74 Å². The number of ether oxygens (including phenoxy) is 1. The summed E-state index contributed by atoms with van der Waals surface area (Å²) in [6.07, 6.45) is 0. The van der Waals surface area contributed by atoms with E-state index in [2.05, 4.69) is 31.4 Å². The Morgan fingerprint density at radius 1 is 1.33 bits per heavy atom. The molecule has 0 N–H and O–H groups in total. The molecule has 1 heterocycles. The summed E-state index contributed by atoms with van der Waals surface area (Å²) in [5.41, 5.74) is 3.55. The molecule has 0 saturated heterocycles. The van der Waals surface area contributed by atoms with Gasteiger partial charge in [-0.1, -0.05) is 32.6 Å². The molecule has 1 aromatic rings. The van der Waals surface area contributed by atoms with Crippen LogP contribution in [0.15, 0.2) is 30.5 Å². The van der Waals surface area contributed by atoms with E-state index in [1.54, 1.807) is 7.11 Å². The van der Waals surface area contributed by atoms with Crippen LogP contribution in [0, 0.1) is 0 Å². The van der Waals surface area contributed by atoms with Gasteiger partial charge in [-0.2, -0.15) is 0 Å². The molecule has 2 rings (SSSR count). The van der Waals surface area contributed by atoms with Gasteiger partial charge in [-0.15, -0.1) is 0 Å². The number of para-hydroxylation sites is 1. The normalized spacial score (nSPS) is 17.9. The van der Waals surface area contributed by atoms with Crippen LogP contribution >= 0.6 is 0 Å². The van der Waals surface area contributed by atoms with Crippen molar-refractivity contribution in [3.8, 4) is 5.75 Å². The third kappa shape index (κ3) is 1.17. The van der Waals surface area contributed by atoms with Crippen LogP contribution in [-0.4, -0.2) is 14.2 Å². The van der Waals surface area contributed by atoms with Crippen LogP contribution in [0.1, 0.15) is 19.4 Å². The van der Waals surface area contributed by atoms with Crippen molar-refractivity contribution in [2.24, 2.45) is 0 Å². The maximum absolute atomic E-state index is 5.39. The van der Waals surface area contributed by atoms with E-state index >= 15 is 0 Å². The molecule has 2 heteroatoms. The van der Waals surface area contributed by atoms with E-state index in [1.807, 2.05) is 19.2 Å². The van der Waals surface area contributed by atoms with Crippen molar-refractivity contribution in [1.82, 2.24) is 0 Å². The molecule has 0 fully saturated rings. The van der Waals surface area contributed by atoms with Gasteiger partial charge >= 0.3 is 0 Å². The molecule has 0 bridgehead atoms. The second-order valence-electron chi connectivity index (χ2n) is 4.49. The number of allylic oxidation sites excluding steroid dienone is 1. The van der Waals surface area contributed by atoms with E-state index in [-0.39, 0.29) is 5.41 Å². The Morgan fingerprint density at radius 3 is 2.60 bits per heavy atom. The molecule has 80 valence electrons. The second-order valence-corrected chi connectivity index (χ2v) is 4.49. The van der Waals surface area contributed by atoms with Crippen molar-refractivity contribution in [1.29, 1.82) is 0 Å². The van der Waals surface area contributed by atoms with Gasteiger partial charge in [0.1, 0.15) is 5.75 Å². The Kier molecular flexibility index (Phi) is 2.03. The van der Waals surface area contributed by atoms with E-state index in [1.165, 1.54) is 5.56 Å². The van der Waals surface area contributed by atoms with Crippen molar-refractivity contribution in [3.05, 3.63) is 36.0 Å². The predicted molar refractivity (Wildman–Crippen MR) is 63.6 cm³/mol. The maximum atomic E-state index is 5.39. The highest BCUT2D eigenvalue weighted by molar-refractivity contribution is 5.75. The number of fused-ring (bicyclic) bond motifs is 1. The van der Waals surface area contributed by atoms with Gasteiger partial charge < -0.3 is 9.64 Å². The van der Waals surface area contributed by atoms with Gasteiger partial charge in [-0.25, -0.2) is 0 Å². The third-order valence-corrected chi connectivity index (χ3v) is 3.35. The van der Waals surface area contributed by atoms with Crippen LogP contribution in [0.25, 0.3) is 0 Å². The lowest BCUT2D eigenvalue weighted by Gasteiger charge is -2.22. The lowest BCUT2D eigenvalue weighted by molar-refractivity contribution is 0.415. The quantitative estimate of drug-likeness (QED) is 0.695. The second kappa shape index (κ2) is 3.02. The highest BCUT2D eigenvalue weighted by Gasteiger charge is 2.38. The molecule has 1 aromatic carbocycles. The first-order valence-electron chi connectivity index (χ1n) is 5.10. The number of likely N-dealkylation sites (N-methyl/N-ethyl adjacent to an activating group) is 1. The molecule has 1 aliphatic rings. The highest BCUT2D eigenvalue weighted by Crippen LogP contribution is 2.49. The molecule has 0 saturated carbocycles. The average molecular weight is 203 g/mol. The van der Waals surface area contributed by atoms with E-state index in [0.29, 0.717) is 0 Å². The number of benzene rings is 1. The summed E-state index contributed by atoms with van der Waals surface area (Å²) in [4.78, 5) is 2.12. The summed E-state index contributed by atoms with van der Waals surface area (Å²) in [5, 5.41) is 0. The fraction of sp³-hybridized carbons (Fsp3) is 0.385. The molecule has 0 amide bonds. The van der Waals surface area contributed by atoms with Gasteiger partial charge in [0.25, 0.3) is 0 Å². The van der Waals surface area contributed by atoms with Crippen LogP contribution in [0.3, 0.4) is 0 Å². The van der Waals surface area contributed by atoms with Gasteiger partial charge in [0.15, 0.2) is 0 Å². The van der Waals surface area contributed by atoms with Gasteiger partial charge in [-0.3, -0.25) is 0 Å². The highest BCUT2D eigenvalue weighted by atomic mass is 16.5. The average Bonchev–Trinajstić information content (AvgIpc) is 2.41. The molecular formula is C13H17NO. The van der Waals surface area contributed by atoms with Gasteiger partial charge in [0.05, 0.1) is 12.8 Å². The zero-order chi connectivity index (χ0) is 11.2. The standard InChI is InChI=1S/C13H17NO/c1-9-13(2,3)10-7-6-8-11(15-5)12(10)14(9)4/h6-8H,1H2,2-5H3. The van der Waals surface area contributed by atoms with Crippen LogP contribution in [0.2, 0.25) is 0 Å². The zero-order valence-electron chi connectivity index (χ0n) is 9.79. The van der Waals surface area contributed by atoms with Crippen molar-refractivity contribution >= 4 is 5.69 Å². The van der Waals surface area contributed by atoms with E-state index in [9.17, 15) is 0 Å². The molecule has 2 nitrogen and oxygen atoms in total. The maximum Gasteiger partial charge on any atom is 0.142 e. The van der Waals surface area contributed by atoms with Crippen molar-refractivity contribution in [2.45, 2.75) is 19.3 Å². The summed E-state index contributed by atoms with van der Waals surface area (Å²) in [5.74, 6) is 0.918. The molecule has 0 aromatic heterocycles. The van der Waals surface area contributed by atoms with Gasteiger partial charge in [-0.05, 0) is 11.6 Å². The Labute approximate surface area is 91.2 Å². The smallest absolute Gasteiger partial charge is 0.142 e. The fourth-order valence-electron chi connectivity index (χ4n) is 2.25. The number of rotatable bonds is 1. The fourth-order valence-corrected chi connectivity index (χ4v) is 2.25. The Balaban J connectivity index is 2.70. The molecule has 0 unspecified atom stereocenters. The van der Waals surface area contributed by atoms with Crippen LogP contribution in [0.4, 0.5) is 5.69 Å². The number of methoxy groups -OCH3 is 1. The minimum Gasteiger partial charge on any atom is -0.495 e. The first-order chi connectivity index (χ1) is 7.00. The Bertz CT molecular complexity index is 421. The Hall–Kier alpha value is -1.44. The SMILES string of the molecule is C=C1N(C)c2c(OC)cccc2C1(C)C. The summed E-state index contributed by atoms with van der Waals surface area (Å²) < 4.78 is 5.39. The third-order valence-electron chi connectivity index (χ3n) is 3.35. The number of hydrogen-bond acceptors (Lipinski definition) is 2. The molecule has 0 radical (unpaired) electrons. The topological polar surface area (TPSA) is 12.5 Å². The number of nitrogens with zero attached hydrogens (tertiary/aromatic N) is 1. The first kappa shape index (κ1) is 10.1. The molecular weight excluding hydrogens is 186 g/mol. The lowest BCUT2D eigenvalue weighted by atomic mass is 9.84. The summed E-state index contributed by atoms with van der Waals surface area (Å²) in [6, 6.07) is 6.17. The van der Waals surface area contributed by atoms with E-state index in [0.717, 1.165) is 17.1 Å². The largest absolute Gasteiger partial charge is 0.495 e. The van der Waals surface area contributed by atoms with Gasteiger partial charge in [0, 0.05) is 18.2 Å². The van der Waals surface area contributed by atoms with E-state index < -0.39 is 0 Å². The molecule has 0 atom stereocenters. The summed E-state index contributed by atoms with van der Waals surface area (Å²) in [7, 11) is 3.75. The molecule has 0 spiro atoms. The minimum absolute atomic E-state index is 0.00137. The minimum atomic E-state index is -0.00137. The molecule has 1 aliphatic heterocycles.